The van der Waals surface area contributed by atoms with Gasteiger partial charge in [0.2, 0.25) is 5.95 Å². The Bertz CT molecular complexity index is 682. The summed E-state index contributed by atoms with van der Waals surface area (Å²) in [5.74, 6) is 0.548. The minimum Gasteiger partial charge on any atom is -0.399 e. The zero-order chi connectivity index (χ0) is 14.2. The maximum atomic E-state index is 12.0. The normalized spacial score (nSPS) is 16.9. The third-order valence-electron chi connectivity index (χ3n) is 4.52. The third kappa shape index (κ3) is 2.24. The van der Waals surface area contributed by atoms with E-state index in [-0.39, 0.29) is 5.56 Å². The zero-order valence-electron chi connectivity index (χ0n) is 11.7. The molecule has 0 atom stereocenters. The lowest BCUT2D eigenvalue weighted by Gasteiger charge is -2.41. The fourth-order valence-electron chi connectivity index (χ4n) is 2.84. The number of nitrogens with two attached hydrogens (primary N) is 1. The first-order valence-electron chi connectivity index (χ1n) is 7.15. The number of benzene rings is 1. The summed E-state index contributed by atoms with van der Waals surface area (Å²) in [6.45, 7) is 3.09. The summed E-state index contributed by atoms with van der Waals surface area (Å²) in [5.41, 5.74) is 7.17. The standard InChI is InChI=1S/C15H20N4O/c1-2-15(6-3-7-15)9-17-14-18-12-5-4-10(16)8-11(12)13(20)19-14/h4-5,8H,2-3,6-7,9,16H2,1H3,(H2,17,18,19,20). The highest BCUT2D eigenvalue weighted by Crippen LogP contribution is 2.43. The van der Waals surface area contributed by atoms with Crippen molar-refractivity contribution in [2.24, 2.45) is 5.41 Å². The van der Waals surface area contributed by atoms with E-state index in [0.717, 1.165) is 13.0 Å². The zero-order valence-corrected chi connectivity index (χ0v) is 11.7. The number of hydrogen-bond donors (Lipinski definition) is 3. The molecule has 1 aliphatic carbocycles. The third-order valence-corrected chi connectivity index (χ3v) is 4.52. The van der Waals surface area contributed by atoms with Crippen LogP contribution in [-0.2, 0) is 0 Å². The smallest absolute Gasteiger partial charge is 0.260 e. The van der Waals surface area contributed by atoms with Crippen LogP contribution in [0, 0.1) is 5.41 Å². The van der Waals surface area contributed by atoms with Gasteiger partial charge in [0.15, 0.2) is 0 Å². The fraction of sp³-hybridized carbons (Fsp3) is 0.467. The van der Waals surface area contributed by atoms with Crippen LogP contribution in [0.15, 0.2) is 23.0 Å². The van der Waals surface area contributed by atoms with Crippen LogP contribution in [0.5, 0.6) is 0 Å². The van der Waals surface area contributed by atoms with Crippen molar-refractivity contribution in [3.05, 3.63) is 28.6 Å². The highest BCUT2D eigenvalue weighted by atomic mass is 16.1. The molecule has 0 amide bonds. The minimum atomic E-state index is -0.149. The Morgan fingerprint density at radius 2 is 2.25 bits per heavy atom. The van der Waals surface area contributed by atoms with E-state index in [1.165, 1.54) is 19.3 Å². The average molecular weight is 272 g/mol. The largest absolute Gasteiger partial charge is 0.399 e. The van der Waals surface area contributed by atoms with Crippen LogP contribution in [0.2, 0.25) is 0 Å². The van der Waals surface area contributed by atoms with E-state index < -0.39 is 0 Å². The van der Waals surface area contributed by atoms with Crippen molar-refractivity contribution in [1.29, 1.82) is 0 Å². The van der Waals surface area contributed by atoms with Crippen LogP contribution in [0.1, 0.15) is 32.6 Å². The van der Waals surface area contributed by atoms with Gasteiger partial charge in [-0.15, -0.1) is 0 Å². The van der Waals surface area contributed by atoms with Crippen LogP contribution < -0.4 is 16.6 Å². The number of nitrogen functional groups attached to an aromatic ring is 1. The number of aromatic amines is 1. The Kier molecular flexibility index (Phi) is 3.12. The molecule has 1 saturated carbocycles. The Labute approximate surface area is 117 Å². The minimum absolute atomic E-state index is 0.149. The van der Waals surface area contributed by atoms with Crippen molar-refractivity contribution in [2.75, 3.05) is 17.6 Å². The summed E-state index contributed by atoms with van der Waals surface area (Å²) in [4.78, 5) is 19.3. The van der Waals surface area contributed by atoms with Crippen molar-refractivity contribution >= 4 is 22.5 Å². The fourth-order valence-corrected chi connectivity index (χ4v) is 2.84. The lowest BCUT2D eigenvalue weighted by atomic mass is 9.67. The molecule has 1 fully saturated rings. The number of aromatic nitrogens is 2. The Hall–Kier alpha value is -2.04. The second kappa shape index (κ2) is 4.81. The molecule has 5 nitrogen and oxygen atoms in total. The van der Waals surface area contributed by atoms with Gasteiger partial charge in [-0.1, -0.05) is 13.3 Å². The van der Waals surface area contributed by atoms with Gasteiger partial charge in [0.05, 0.1) is 10.9 Å². The van der Waals surface area contributed by atoms with Gasteiger partial charge in [0.1, 0.15) is 0 Å². The van der Waals surface area contributed by atoms with Gasteiger partial charge in [-0.25, -0.2) is 4.98 Å². The molecule has 0 aliphatic heterocycles. The first-order chi connectivity index (χ1) is 9.62. The molecule has 0 unspecified atom stereocenters. The summed E-state index contributed by atoms with van der Waals surface area (Å²) >= 11 is 0. The summed E-state index contributed by atoms with van der Waals surface area (Å²) in [6, 6.07) is 5.20. The van der Waals surface area contributed by atoms with Gasteiger partial charge in [-0.2, -0.15) is 0 Å². The molecule has 3 rings (SSSR count). The van der Waals surface area contributed by atoms with Gasteiger partial charge in [-0.3, -0.25) is 9.78 Å². The van der Waals surface area contributed by atoms with Gasteiger partial charge in [0.25, 0.3) is 5.56 Å². The second-order valence-corrected chi connectivity index (χ2v) is 5.75. The van der Waals surface area contributed by atoms with E-state index in [4.69, 9.17) is 5.73 Å². The summed E-state index contributed by atoms with van der Waals surface area (Å²) in [6.07, 6.45) is 4.97. The molecule has 0 bridgehead atoms. The maximum Gasteiger partial charge on any atom is 0.260 e. The van der Waals surface area contributed by atoms with Crippen molar-refractivity contribution in [3.8, 4) is 0 Å². The highest BCUT2D eigenvalue weighted by molar-refractivity contribution is 5.81. The summed E-state index contributed by atoms with van der Waals surface area (Å²) < 4.78 is 0. The SMILES string of the molecule is CCC1(CNc2nc3ccc(N)cc3c(=O)[nH]2)CCC1. The maximum absolute atomic E-state index is 12.0. The Morgan fingerprint density at radius 3 is 2.90 bits per heavy atom. The van der Waals surface area contributed by atoms with Crippen molar-refractivity contribution in [1.82, 2.24) is 9.97 Å². The number of fused-ring (bicyclic) bond motifs is 1. The second-order valence-electron chi connectivity index (χ2n) is 5.75. The van der Waals surface area contributed by atoms with Crippen LogP contribution >= 0.6 is 0 Å². The van der Waals surface area contributed by atoms with Crippen molar-refractivity contribution in [2.45, 2.75) is 32.6 Å². The molecule has 2 aromatic rings. The molecule has 0 radical (unpaired) electrons. The van der Waals surface area contributed by atoms with E-state index in [1.807, 2.05) is 0 Å². The predicted octanol–water partition coefficient (Wildman–Crippen LogP) is 2.50. The molecule has 20 heavy (non-hydrogen) atoms. The van der Waals surface area contributed by atoms with Crippen LogP contribution in [0.25, 0.3) is 10.9 Å². The van der Waals surface area contributed by atoms with Crippen molar-refractivity contribution < 1.29 is 0 Å². The number of anilines is 2. The lowest BCUT2D eigenvalue weighted by molar-refractivity contribution is 0.144. The van der Waals surface area contributed by atoms with Crippen molar-refractivity contribution in [3.63, 3.8) is 0 Å². The van der Waals surface area contributed by atoms with Gasteiger partial charge < -0.3 is 11.1 Å². The van der Waals surface area contributed by atoms with E-state index in [1.54, 1.807) is 18.2 Å². The van der Waals surface area contributed by atoms with E-state index in [2.05, 4.69) is 22.2 Å². The summed E-state index contributed by atoms with van der Waals surface area (Å²) in [7, 11) is 0. The highest BCUT2D eigenvalue weighted by Gasteiger charge is 2.34. The van der Waals surface area contributed by atoms with Gasteiger partial charge in [-0.05, 0) is 42.9 Å². The molecule has 1 aromatic carbocycles. The van der Waals surface area contributed by atoms with Crippen LogP contribution in [0.4, 0.5) is 11.6 Å². The predicted molar refractivity (Wildman–Crippen MR) is 81.8 cm³/mol. The van der Waals surface area contributed by atoms with Gasteiger partial charge >= 0.3 is 0 Å². The Morgan fingerprint density at radius 1 is 1.45 bits per heavy atom. The van der Waals surface area contributed by atoms with Crippen LogP contribution in [-0.4, -0.2) is 16.5 Å². The van der Waals surface area contributed by atoms with E-state index >= 15 is 0 Å². The first-order valence-corrected chi connectivity index (χ1v) is 7.15. The first kappa shape index (κ1) is 13.0. The lowest BCUT2D eigenvalue weighted by Crippen LogP contribution is -2.36. The molecule has 0 saturated heterocycles. The van der Waals surface area contributed by atoms with E-state index in [0.29, 0.717) is 28.0 Å². The molecular formula is C15H20N4O. The van der Waals surface area contributed by atoms with E-state index in [9.17, 15) is 4.79 Å². The molecule has 106 valence electrons. The van der Waals surface area contributed by atoms with Crippen LogP contribution in [0.3, 0.4) is 0 Å². The molecule has 0 spiro atoms. The quantitative estimate of drug-likeness (QED) is 0.747. The molecule has 1 aromatic heterocycles. The number of hydrogen-bond acceptors (Lipinski definition) is 4. The summed E-state index contributed by atoms with van der Waals surface area (Å²) in [5, 5.41) is 3.82. The number of rotatable bonds is 4. The molecular weight excluding hydrogens is 252 g/mol. The number of nitrogens with one attached hydrogen (secondary N) is 2. The Balaban J connectivity index is 1.86. The molecule has 1 aliphatic rings. The monoisotopic (exact) mass is 272 g/mol. The number of nitrogens with zero attached hydrogens (tertiary/aromatic N) is 1. The molecule has 4 N–H and O–H groups in total. The average Bonchev–Trinajstić information content (AvgIpc) is 2.39. The molecule has 5 heteroatoms. The topological polar surface area (TPSA) is 83.8 Å². The number of H-pyrrole nitrogens is 1. The van der Waals surface area contributed by atoms with Gasteiger partial charge in [0, 0.05) is 12.2 Å². The molecule has 1 heterocycles.